The van der Waals surface area contributed by atoms with Crippen LogP contribution in [0.3, 0.4) is 0 Å². The van der Waals surface area contributed by atoms with Crippen LogP contribution in [0.2, 0.25) is 0 Å². The maximum atomic E-state index is 10.8. The van der Waals surface area contributed by atoms with Crippen LogP contribution in [0.25, 0.3) is 0 Å². The number of nitrogens with one attached hydrogen (secondary N) is 2. The van der Waals surface area contributed by atoms with Gasteiger partial charge in [0.1, 0.15) is 0 Å². The van der Waals surface area contributed by atoms with Gasteiger partial charge in [-0.1, -0.05) is 0 Å². The van der Waals surface area contributed by atoms with Crippen molar-refractivity contribution in [2.24, 2.45) is 11.8 Å². The quantitative estimate of drug-likeness (QED) is 0.711. The van der Waals surface area contributed by atoms with Crippen LogP contribution in [0.1, 0.15) is 19.8 Å². The van der Waals surface area contributed by atoms with E-state index in [4.69, 9.17) is 0 Å². The highest BCUT2D eigenvalue weighted by atomic mass is 16.1. The second kappa shape index (κ2) is 5.64. The lowest BCUT2D eigenvalue weighted by molar-refractivity contribution is -0.119. The van der Waals surface area contributed by atoms with Gasteiger partial charge < -0.3 is 15.5 Å². The summed E-state index contributed by atoms with van der Waals surface area (Å²) in [4.78, 5) is 13.3. The Labute approximate surface area is 97.8 Å². The molecule has 0 saturated carbocycles. The Hall–Kier alpha value is -0.610. The molecular formula is C12H23N3O. The average Bonchev–Trinajstić information content (AvgIpc) is 2.15. The van der Waals surface area contributed by atoms with Gasteiger partial charge in [-0.15, -0.1) is 0 Å². The maximum Gasteiger partial charge on any atom is 0.216 e. The molecule has 0 spiro atoms. The van der Waals surface area contributed by atoms with Crippen LogP contribution in [-0.2, 0) is 4.79 Å². The molecule has 2 aliphatic heterocycles. The van der Waals surface area contributed by atoms with E-state index in [9.17, 15) is 4.79 Å². The number of hydrogen-bond donors (Lipinski definition) is 2. The maximum absolute atomic E-state index is 10.8. The summed E-state index contributed by atoms with van der Waals surface area (Å²) in [6.07, 6.45) is 2.71. The summed E-state index contributed by atoms with van der Waals surface area (Å²) in [5.41, 5.74) is 0. The molecule has 0 radical (unpaired) electrons. The van der Waals surface area contributed by atoms with E-state index in [1.165, 1.54) is 39.0 Å². The van der Waals surface area contributed by atoms with Gasteiger partial charge in [-0.25, -0.2) is 0 Å². The third-order valence-electron chi connectivity index (χ3n) is 3.82. The number of likely N-dealkylation sites (tertiary alicyclic amines) is 1. The molecule has 2 saturated heterocycles. The van der Waals surface area contributed by atoms with E-state index in [2.05, 4.69) is 15.5 Å². The first kappa shape index (κ1) is 11.9. The fourth-order valence-corrected chi connectivity index (χ4v) is 2.71. The normalized spacial score (nSPS) is 27.4. The highest BCUT2D eigenvalue weighted by Crippen LogP contribution is 2.26. The lowest BCUT2D eigenvalue weighted by Crippen LogP contribution is -2.51. The SMILES string of the molecule is CC(=O)NCCN1CCC[C@H](C2CNC2)C1. The number of nitrogens with zero attached hydrogens (tertiary/aromatic N) is 1. The molecule has 1 atom stereocenters. The average molecular weight is 225 g/mol. The Morgan fingerprint density at radius 3 is 2.88 bits per heavy atom. The predicted octanol–water partition coefficient (Wildman–Crippen LogP) is 0.0539. The summed E-state index contributed by atoms with van der Waals surface area (Å²) in [6.45, 7) is 8.25. The van der Waals surface area contributed by atoms with Gasteiger partial charge in [0.05, 0.1) is 0 Å². The monoisotopic (exact) mass is 225 g/mol. The van der Waals surface area contributed by atoms with E-state index in [-0.39, 0.29) is 5.91 Å². The molecule has 2 fully saturated rings. The zero-order chi connectivity index (χ0) is 11.4. The Kier molecular flexibility index (Phi) is 4.18. The van der Waals surface area contributed by atoms with Crippen molar-refractivity contribution in [3.63, 3.8) is 0 Å². The lowest BCUT2D eigenvalue weighted by Gasteiger charge is -2.41. The summed E-state index contributed by atoms with van der Waals surface area (Å²) < 4.78 is 0. The van der Waals surface area contributed by atoms with Crippen molar-refractivity contribution in [2.45, 2.75) is 19.8 Å². The third kappa shape index (κ3) is 3.19. The molecule has 0 aromatic carbocycles. The molecule has 0 aromatic heterocycles. The van der Waals surface area contributed by atoms with E-state index in [1.807, 2.05) is 0 Å². The summed E-state index contributed by atoms with van der Waals surface area (Å²) >= 11 is 0. The molecular weight excluding hydrogens is 202 g/mol. The minimum atomic E-state index is 0.0803. The Morgan fingerprint density at radius 2 is 2.25 bits per heavy atom. The summed E-state index contributed by atoms with van der Waals surface area (Å²) in [7, 11) is 0. The highest BCUT2D eigenvalue weighted by molar-refractivity contribution is 5.72. The zero-order valence-electron chi connectivity index (χ0n) is 10.2. The molecule has 4 heteroatoms. The second-order valence-electron chi connectivity index (χ2n) is 5.10. The van der Waals surface area contributed by atoms with Crippen molar-refractivity contribution in [1.82, 2.24) is 15.5 Å². The van der Waals surface area contributed by atoms with Gasteiger partial charge >= 0.3 is 0 Å². The Morgan fingerprint density at radius 1 is 1.44 bits per heavy atom. The van der Waals surface area contributed by atoms with Crippen LogP contribution >= 0.6 is 0 Å². The van der Waals surface area contributed by atoms with Crippen LogP contribution in [0.15, 0.2) is 0 Å². The minimum Gasteiger partial charge on any atom is -0.355 e. The number of carbonyl (C=O) groups is 1. The molecule has 92 valence electrons. The minimum absolute atomic E-state index is 0.0803. The molecule has 4 nitrogen and oxygen atoms in total. The molecule has 0 aromatic rings. The first-order valence-corrected chi connectivity index (χ1v) is 6.43. The van der Waals surface area contributed by atoms with E-state index < -0.39 is 0 Å². The van der Waals surface area contributed by atoms with Crippen LogP contribution in [0.5, 0.6) is 0 Å². The van der Waals surface area contributed by atoms with Crippen LogP contribution in [0, 0.1) is 11.8 Å². The van der Waals surface area contributed by atoms with Gasteiger partial charge in [-0.05, 0) is 44.3 Å². The van der Waals surface area contributed by atoms with Crippen molar-refractivity contribution < 1.29 is 4.79 Å². The second-order valence-corrected chi connectivity index (χ2v) is 5.10. The van der Waals surface area contributed by atoms with E-state index in [0.29, 0.717) is 0 Å². The summed E-state index contributed by atoms with van der Waals surface area (Å²) in [5, 5.41) is 6.23. The number of carbonyl (C=O) groups excluding carboxylic acids is 1. The molecule has 16 heavy (non-hydrogen) atoms. The van der Waals surface area contributed by atoms with Crippen molar-refractivity contribution in [1.29, 1.82) is 0 Å². The first-order chi connectivity index (χ1) is 7.75. The van der Waals surface area contributed by atoms with Crippen LogP contribution in [0.4, 0.5) is 0 Å². The number of piperidine rings is 1. The van der Waals surface area contributed by atoms with Gasteiger partial charge in [0.2, 0.25) is 5.91 Å². The molecule has 2 aliphatic rings. The highest BCUT2D eigenvalue weighted by Gasteiger charge is 2.30. The van der Waals surface area contributed by atoms with Gasteiger partial charge in [-0.2, -0.15) is 0 Å². The van der Waals surface area contributed by atoms with Gasteiger partial charge in [-0.3, -0.25) is 4.79 Å². The largest absolute Gasteiger partial charge is 0.355 e. The van der Waals surface area contributed by atoms with Gasteiger partial charge in [0.25, 0.3) is 0 Å². The molecule has 2 N–H and O–H groups in total. The lowest BCUT2D eigenvalue weighted by atomic mass is 9.82. The fourth-order valence-electron chi connectivity index (χ4n) is 2.71. The molecule has 0 unspecified atom stereocenters. The van der Waals surface area contributed by atoms with Crippen LogP contribution in [-0.4, -0.2) is 50.1 Å². The Bertz CT molecular complexity index is 240. The van der Waals surface area contributed by atoms with Crippen molar-refractivity contribution >= 4 is 5.91 Å². The molecule has 2 heterocycles. The smallest absolute Gasteiger partial charge is 0.216 e. The summed E-state index contributed by atoms with van der Waals surface area (Å²) in [5.74, 6) is 1.87. The van der Waals surface area contributed by atoms with E-state index >= 15 is 0 Å². The summed E-state index contributed by atoms with van der Waals surface area (Å²) in [6, 6.07) is 0. The first-order valence-electron chi connectivity index (χ1n) is 6.43. The fraction of sp³-hybridized carbons (Fsp3) is 0.917. The molecule has 0 aliphatic carbocycles. The number of hydrogen-bond acceptors (Lipinski definition) is 3. The number of amides is 1. The van der Waals surface area contributed by atoms with E-state index in [0.717, 1.165) is 24.9 Å². The van der Waals surface area contributed by atoms with Crippen molar-refractivity contribution in [3.8, 4) is 0 Å². The third-order valence-corrected chi connectivity index (χ3v) is 3.82. The zero-order valence-corrected chi connectivity index (χ0v) is 10.2. The molecule has 2 rings (SSSR count). The molecule has 1 amide bonds. The topological polar surface area (TPSA) is 44.4 Å². The van der Waals surface area contributed by atoms with Gasteiger partial charge in [0.15, 0.2) is 0 Å². The number of rotatable bonds is 4. The molecule has 0 bridgehead atoms. The predicted molar refractivity (Wildman–Crippen MR) is 64.2 cm³/mol. The standard InChI is InChI=1S/C12H23N3O/c1-10(16)14-4-6-15-5-2-3-11(9-15)12-7-13-8-12/h11-13H,2-9H2,1H3,(H,14,16)/t11-/m0/s1. The van der Waals surface area contributed by atoms with Crippen molar-refractivity contribution in [3.05, 3.63) is 0 Å². The van der Waals surface area contributed by atoms with Crippen LogP contribution < -0.4 is 10.6 Å². The van der Waals surface area contributed by atoms with Crippen molar-refractivity contribution in [2.75, 3.05) is 39.3 Å². The van der Waals surface area contributed by atoms with Gasteiger partial charge in [0, 0.05) is 26.6 Å². The Balaban J connectivity index is 1.67. The van der Waals surface area contributed by atoms with E-state index in [1.54, 1.807) is 6.92 Å².